The van der Waals surface area contributed by atoms with Crippen LogP contribution in [0.2, 0.25) is 0 Å². The van der Waals surface area contributed by atoms with E-state index in [1.807, 2.05) is 0 Å². The molecule has 0 aliphatic carbocycles. The summed E-state index contributed by atoms with van der Waals surface area (Å²) in [5.41, 5.74) is 1.61. The van der Waals surface area contributed by atoms with Gasteiger partial charge in [0.25, 0.3) is 11.6 Å². The number of hydrazone groups is 1. The van der Waals surface area contributed by atoms with E-state index in [1.165, 1.54) is 48.3 Å². The number of nitro groups is 1. The summed E-state index contributed by atoms with van der Waals surface area (Å²) in [6.07, 6.45) is 0.286. The molecule has 0 N–H and O–H groups in total. The number of carbonyl (C=O) groups excluding carboxylic acids is 2. The van der Waals surface area contributed by atoms with E-state index in [4.69, 9.17) is 4.74 Å². The number of nitro benzene ring substituents is 1. The molecule has 0 aromatic heterocycles. The highest BCUT2D eigenvalue weighted by atomic mass is 19.1. The molecule has 0 saturated carbocycles. The maximum absolute atomic E-state index is 13.3. The van der Waals surface area contributed by atoms with Crippen LogP contribution in [-0.2, 0) is 14.3 Å². The Morgan fingerprint density at radius 1 is 1.29 bits per heavy atom. The number of nitrogens with zero attached hydrogens (tertiary/aromatic N) is 4. The first-order chi connectivity index (χ1) is 14.8. The van der Waals surface area contributed by atoms with Gasteiger partial charge in [-0.15, -0.1) is 0 Å². The van der Waals surface area contributed by atoms with Gasteiger partial charge in [0.15, 0.2) is 0 Å². The molecule has 1 aliphatic heterocycles. The Hall–Kier alpha value is -3.66. The fourth-order valence-corrected chi connectivity index (χ4v) is 3.26. The smallest absolute Gasteiger partial charge is 0.269 e. The molecule has 31 heavy (non-hydrogen) atoms. The zero-order valence-electron chi connectivity index (χ0n) is 17.0. The zero-order chi connectivity index (χ0) is 22.5. The molecule has 2 aromatic carbocycles. The van der Waals surface area contributed by atoms with Crippen LogP contribution in [0.15, 0.2) is 53.6 Å². The third-order valence-electron chi connectivity index (χ3n) is 4.88. The van der Waals surface area contributed by atoms with Crippen LogP contribution in [0.5, 0.6) is 0 Å². The Morgan fingerprint density at radius 3 is 2.65 bits per heavy atom. The summed E-state index contributed by atoms with van der Waals surface area (Å²) in [6.45, 7) is -0.407. The van der Waals surface area contributed by atoms with E-state index in [0.29, 0.717) is 16.8 Å². The number of halogens is 1. The number of methoxy groups -OCH3 is 1. The summed E-state index contributed by atoms with van der Waals surface area (Å²) in [4.78, 5) is 36.9. The molecule has 0 bridgehead atoms. The normalized spacial score (nSPS) is 15.5. The van der Waals surface area contributed by atoms with Gasteiger partial charge in [-0.1, -0.05) is 24.3 Å². The number of carbonyl (C=O) groups is 2. The molecule has 162 valence electrons. The minimum Gasteiger partial charge on any atom is -0.375 e. The number of benzene rings is 2. The van der Waals surface area contributed by atoms with E-state index >= 15 is 0 Å². The SMILES string of the molecule is COCC(=O)N(C)CC(=O)N1N=C(c2ccc(F)cc2)CC1c1cccc([N+](=O)[O-])c1. The largest absolute Gasteiger partial charge is 0.375 e. The van der Waals surface area contributed by atoms with Crippen LogP contribution >= 0.6 is 0 Å². The molecule has 1 aliphatic rings. The van der Waals surface area contributed by atoms with Gasteiger partial charge >= 0.3 is 0 Å². The van der Waals surface area contributed by atoms with E-state index < -0.39 is 22.7 Å². The molecular weight excluding hydrogens is 407 g/mol. The van der Waals surface area contributed by atoms with Crippen molar-refractivity contribution in [1.82, 2.24) is 9.91 Å². The lowest BCUT2D eigenvalue weighted by Crippen LogP contribution is -2.40. The highest BCUT2D eigenvalue weighted by molar-refractivity contribution is 6.03. The standard InChI is InChI=1S/C21H21FN4O5/c1-24(21(28)13-31-2)12-20(27)25-19(15-4-3-5-17(10-15)26(29)30)11-18(23-25)14-6-8-16(22)9-7-14/h3-10,19H,11-13H2,1-2H3. The Kier molecular flexibility index (Phi) is 6.71. The van der Waals surface area contributed by atoms with Crippen LogP contribution < -0.4 is 0 Å². The molecule has 1 heterocycles. The fourth-order valence-electron chi connectivity index (χ4n) is 3.26. The average Bonchev–Trinajstić information content (AvgIpc) is 3.20. The van der Waals surface area contributed by atoms with Gasteiger partial charge in [0.1, 0.15) is 19.0 Å². The number of non-ortho nitro benzene ring substituents is 1. The van der Waals surface area contributed by atoms with Gasteiger partial charge in [-0.2, -0.15) is 5.10 Å². The van der Waals surface area contributed by atoms with Crippen LogP contribution in [-0.4, -0.2) is 59.7 Å². The second kappa shape index (κ2) is 9.43. The third kappa shape index (κ3) is 5.10. The van der Waals surface area contributed by atoms with E-state index in [-0.39, 0.29) is 31.2 Å². The van der Waals surface area contributed by atoms with Gasteiger partial charge in [-0.3, -0.25) is 19.7 Å². The summed E-state index contributed by atoms with van der Waals surface area (Å²) < 4.78 is 18.1. The van der Waals surface area contributed by atoms with E-state index in [2.05, 4.69) is 5.10 Å². The van der Waals surface area contributed by atoms with Crippen molar-refractivity contribution in [3.05, 3.63) is 75.6 Å². The second-order valence-corrected chi connectivity index (χ2v) is 7.05. The summed E-state index contributed by atoms with van der Waals surface area (Å²) >= 11 is 0. The minimum atomic E-state index is -0.599. The van der Waals surface area contributed by atoms with Gasteiger partial charge in [0, 0.05) is 32.7 Å². The molecule has 3 rings (SSSR count). The third-order valence-corrected chi connectivity index (χ3v) is 4.88. The van der Waals surface area contributed by atoms with Crippen LogP contribution in [0.1, 0.15) is 23.6 Å². The zero-order valence-corrected chi connectivity index (χ0v) is 17.0. The van der Waals surface area contributed by atoms with E-state index in [9.17, 15) is 24.1 Å². The number of hydrogen-bond donors (Lipinski definition) is 0. The molecule has 10 heteroatoms. The lowest BCUT2D eigenvalue weighted by molar-refractivity contribution is -0.385. The average molecular weight is 428 g/mol. The predicted octanol–water partition coefficient (Wildman–Crippen LogP) is 2.52. The number of amides is 2. The topological polar surface area (TPSA) is 105 Å². The number of ether oxygens (including phenoxy) is 1. The molecule has 1 atom stereocenters. The number of likely N-dealkylation sites (N-methyl/N-ethyl adjacent to an activating group) is 1. The maximum atomic E-state index is 13.3. The first kappa shape index (κ1) is 22.0. The molecule has 2 aromatic rings. The van der Waals surface area contributed by atoms with E-state index in [1.54, 1.807) is 24.3 Å². The van der Waals surface area contributed by atoms with Gasteiger partial charge < -0.3 is 9.64 Å². The fraction of sp³-hybridized carbons (Fsp3) is 0.286. The Balaban J connectivity index is 1.92. The Bertz CT molecular complexity index is 1020. The van der Waals surface area contributed by atoms with Crippen LogP contribution in [0, 0.1) is 15.9 Å². The molecule has 1 unspecified atom stereocenters. The highest BCUT2D eigenvalue weighted by Crippen LogP contribution is 2.34. The first-order valence-electron chi connectivity index (χ1n) is 9.43. The van der Waals surface area contributed by atoms with Crippen molar-refractivity contribution in [2.45, 2.75) is 12.5 Å². The van der Waals surface area contributed by atoms with Crippen molar-refractivity contribution in [3.63, 3.8) is 0 Å². The summed E-state index contributed by atoms with van der Waals surface area (Å²) in [5, 5.41) is 16.8. The molecule has 0 fully saturated rings. The Labute approximate surface area is 177 Å². The molecule has 2 amide bonds. The lowest BCUT2D eigenvalue weighted by Gasteiger charge is -2.24. The number of hydrogen-bond acceptors (Lipinski definition) is 6. The highest BCUT2D eigenvalue weighted by Gasteiger charge is 2.34. The molecular formula is C21H21FN4O5. The van der Waals surface area contributed by atoms with E-state index in [0.717, 1.165) is 0 Å². The van der Waals surface area contributed by atoms with Crippen LogP contribution in [0.25, 0.3) is 0 Å². The summed E-state index contributed by atoms with van der Waals surface area (Å²) in [6, 6.07) is 11.1. The van der Waals surface area contributed by atoms with Gasteiger partial charge in [0.2, 0.25) is 5.91 Å². The molecule has 0 spiro atoms. The lowest BCUT2D eigenvalue weighted by atomic mass is 9.98. The Morgan fingerprint density at radius 2 is 2.00 bits per heavy atom. The minimum absolute atomic E-state index is 0.104. The molecule has 0 saturated heterocycles. The summed E-state index contributed by atoms with van der Waals surface area (Å²) in [5.74, 6) is -1.23. The number of rotatable bonds is 7. The van der Waals surface area contributed by atoms with Gasteiger partial charge in [-0.25, -0.2) is 9.40 Å². The molecule has 9 nitrogen and oxygen atoms in total. The monoisotopic (exact) mass is 428 g/mol. The second-order valence-electron chi connectivity index (χ2n) is 7.05. The van der Waals surface area contributed by atoms with Gasteiger partial charge in [0.05, 0.1) is 16.7 Å². The quantitative estimate of drug-likeness (QED) is 0.498. The van der Waals surface area contributed by atoms with Crippen molar-refractivity contribution in [3.8, 4) is 0 Å². The van der Waals surface area contributed by atoms with Crippen molar-refractivity contribution in [2.24, 2.45) is 5.10 Å². The van der Waals surface area contributed by atoms with Crippen LogP contribution in [0.4, 0.5) is 10.1 Å². The maximum Gasteiger partial charge on any atom is 0.269 e. The van der Waals surface area contributed by atoms with Crippen molar-refractivity contribution < 1.29 is 23.6 Å². The first-order valence-corrected chi connectivity index (χ1v) is 9.43. The predicted molar refractivity (Wildman–Crippen MR) is 110 cm³/mol. The molecule has 0 radical (unpaired) electrons. The van der Waals surface area contributed by atoms with Crippen molar-refractivity contribution in [2.75, 3.05) is 27.3 Å². The van der Waals surface area contributed by atoms with Crippen LogP contribution in [0.3, 0.4) is 0 Å². The van der Waals surface area contributed by atoms with Crippen molar-refractivity contribution in [1.29, 1.82) is 0 Å². The van der Waals surface area contributed by atoms with Crippen molar-refractivity contribution >= 4 is 23.2 Å². The van der Waals surface area contributed by atoms with Gasteiger partial charge in [-0.05, 0) is 23.3 Å². The summed E-state index contributed by atoms with van der Waals surface area (Å²) in [7, 11) is 2.86.